The molecule has 1 atom stereocenters. The summed E-state index contributed by atoms with van der Waals surface area (Å²) < 4.78 is 0. The Balaban J connectivity index is 2.20. The lowest BCUT2D eigenvalue weighted by molar-refractivity contribution is 0.227. The number of rotatable bonds is 3. The maximum Gasteiger partial charge on any atom is 0.0974 e. The van der Waals surface area contributed by atoms with Gasteiger partial charge in [0, 0.05) is 0 Å². The molecule has 0 radical (unpaired) electrons. The summed E-state index contributed by atoms with van der Waals surface area (Å²) in [6.07, 6.45) is 4.06. The fraction of sp³-hybridized carbons (Fsp3) is 0.429. The lowest BCUT2D eigenvalue weighted by Crippen LogP contribution is -1.95. The highest BCUT2D eigenvalue weighted by atomic mass is 16.3. The van der Waals surface area contributed by atoms with E-state index in [1.165, 1.54) is 18.4 Å². The van der Waals surface area contributed by atoms with E-state index in [9.17, 15) is 5.11 Å². The van der Waals surface area contributed by atoms with Crippen molar-refractivity contribution in [1.29, 1.82) is 0 Å². The standard InChI is InChI=1S/C14H18O/c1-10(2)8-14(15)13-5-3-4-12(9-13)11-6-7-11/h3-5,8-9,11,14-15H,6-7H2,1-2H3. The highest BCUT2D eigenvalue weighted by molar-refractivity contribution is 5.32. The Morgan fingerprint density at radius 1 is 1.40 bits per heavy atom. The molecule has 1 nitrogen and oxygen atoms in total. The second kappa shape index (κ2) is 4.19. The van der Waals surface area contributed by atoms with Gasteiger partial charge in [-0.15, -0.1) is 0 Å². The molecule has 1 unspecified atom stereocenters. The van der Waals surface area contributed by atoms with Gasteiger partial charge in [-0.2, -0.15) is 0 Å². The number of hydrogen-bond donors (Lipinski definition) is 1. The summed E-state index contributed by atoms with van der Waals surface area (Å²) in [5, 5.41) is 9.94. The molecule has 1 saturated carbocycles. The molecule has 1 heteroatoms. The van der Waals surface area contributed by atoms with Crippen molar-refractivity contribution in [3.05, 3.63) is 47.0 Å². The number of benzene rings is 1. The molecule has 1 aliphatic carbocycles. The smallest absolute Gasteiger partial charge is 0.0974 e. The fourth-order valence-electron chi connectivity index (χ4n) is 1.83. The Kier molecular flexibility index (Phi) is 2.92. The third-order valence-corrected chi connectivity index (χ3v) is 2.79. The molecule has 80 valence electrons. The van der Waals surface area contributed by atoms with Gasteiger partial charge in [-0.3, -0.25) is 0 Å². The third kappa shape index (κ3) is 2.69. The molecule has 0 aliphatic heterocycles. The average Bonchev–Trinajstić information content (AvgIpc) is 3.00. The van der Waals surface area contributed by atoms with Crippen LogP contribution < -0.4 is 0 Å². The number of aliphatic hydroxyl groups is 1. The maximum atomic E-state index is 9.94. The Bertz CT molecular complexity index is 371. The zero-order valence-corrected chi connectivity index (χ0v) is 9.40. The van der Waals surface area contributed by atoms with Crippen molar-refractivity contribution in [3.63, 3.8) is 0 Å². The first-order valence-electron chi connectivity index (χ1n) is 5.60. The van der Waals surface area contributed by atoms with Gasteiger partial charge in [-0.25, -0.2) is 0 Å². The molecule has 1 aliphatic rings. The Labute approximate surface area is 91.4 Å². The summed E-state index contributed by atoms with van der Waals surface area (Å²) in [6, 6.07) is 8.35. The summed E-state index contributed by atoms with van der Waals surface area (Å²) in [6.45, 7) is 4.02. The lowest BCUT2D eigenvalue weighted by Gasteiger charge is -2.08. The first-order valence-corrected chi connectivity index (χ1v) is 5.60. The van der Waals surface area contributed by atoms with E-state index in [1.807, 2.05) is 32.1 Å². The zero-order chi connectivity index (χ0) is 10.8. The van der Waals surface area contributed by atoms with Crippen molar-refractivity contribution in [1.82, 2.24) is 0 Å². The largest absolute Gasteiger partial charge is 0.384 e. The van der Waals surface area contributed by atoms with Crippen LogP contribution in [0, 0.1) is 0 Å². The molecule has 0 amide bonds. The Morgan fingerprint density at radius 3 is 2.73 bits per heavy atom. The van der Waals surface area contributed by atoms with Crippen LogP contribution in [0.2, 0.25) is 0 Å². The van der Waals surface area contributed by atoms with E-state index in [4.69, 9.17) is 0 Å². The highest BCUT2D eigenvalue weighted by Crippen LogP contribution is 2.40. The number of hydrogen-bond acceptors (Lipinski definition) is 1. The van der Waals surface area contributed by atoms with E-state index in [2.05, 4.69) is 12.1 Å². The molecule has 1 aromatic carbocycles. The van der Waals surface area contributed by atoms with Gasteiger partial charge in [0.05, 0.1) is 6.10 Å². The molecule has 0 aromatic heterocycles. The van der Waals surface area contributed by atoms with Crippen LogP contribution >= 0.6 is 0 Å². The van der Waals surface area contributed by atoms with Crippen LogP contribution in [0.4, 0.5) is 0 Å². The molecule has 0 spiro atoms. The molecule has 0 saturated heterocycles. The van der Waals surface area contributed by atoms with E-state index >= 15 is 0 Å². The van der Waals surface area contributed by atoms with Crippen molar-refractivity contribution >= 4 is 0 Å². The van der Waals surface area contributed by atoms with Gasteiger partial charge in [0.2, 0.25) is 0 Å². The zero-order valence-electron chi connectivity index (χ0n) is 9.40. The molecule has 0 bridgehead atoms. The van der Waals surface area contributed by atoms with E-state index in [-0.39, 0.29) is 0 Å². The van der Waals surface area contributed by atoms with E-state index in [0.717, 1.165) is 17.1 Å². The van der Waals surface area contributed by atoms with Gasteiger partial charge in [-0.1, -0.05) is 35.9 Å². The normalized spacial score (nSPS) is 17.3. The SMILES string of the molecule is CC(C)=CC(O)c1cccc(C2CC2)c1. The minimum Gasteiger partial charge on any atom is -0.384 e. The van der Waals surface area contributed by atoms with Crippen LogP contribution in [-0.2, 0) is 0 Å². The van der Waals surface area contributed by atoms with Crippen molar-refractivity contribution in [3.8, 4) is 0 Å². The summed E-state index contributed by atoms with van der Waals surface area (Å²) >= 11 is 0. The monoisotopic (exact) mass is 202 g/mol. The predicted octanol–water partition coefficient (Wildman–Crippen LogP) is 3.56. The Hall–Kier alpha value is -1.08. The van der Waals surface area contributed by atoms with E-state index in [0.29, 0.717) is 0 Å². The summed E-state index contributed by atoms with van der Waals surface area (Å²) in [7, 11) is 0. The quantitative estimate of drug-likeness (QED) is 0.743. The molecular formula is C14H18O. The number of allylic oxidation sites excluding steroid dienone is 1. The van der Waals surface area contributed by atoms with Crippen molar-refractivity contribution in [2.45, 2.75) is 38.7 Å². The first-order chi connectivity index (χ1) is 7.16. The van der Waals surface area contributed by atoms with Crippen LogP contribution in [-0.4, -0.2) is 5.11 Å². The summed E-state index contributed by atoms with van der Waals surface area (Å²) in [5.41, 5.74) is 3.55. The van der Waals surface area contributed by atoms with E-state index < -0.39 is 6.10 Å². The second-order valence-electron chi connectivity index (χ2n) is 4.63. The van der Waals surface area contributed by atoms with Crippen molar-refractivity contribution < 1.29 is 5.11 Å². The molecular weight excluding hydrogens is 184 g/mol. The molecule has 0 heterocycles. The minimum atomic E-state index is -0.450. The van der Waals surface area contributed by atoms with Crippen molar-refractivity contribution in [2.75, 3.05) is 0 Å². The van der Waals surface area contributed by atoms with Crippen molar-refractivity contribution in [2.24, 2.45) is 0 Å². The third-order valence-electron chi connectivity index (χ3n) is 2.79. The van der Waals surface area contributed by atoms with Gasteiger partial charge < -0.3 is 5.11 Å². The minimum absolute atomic E-state index is 0.450. The predicted molar refractivity (Wildman–Crippen MR) is 62.8 cm³/mol. The van der Waals surface area contributed by atoms with Crippen LogP contribution in [0.15, 0.2) is 35.9 Å². The molecule has 1 aromatic rings. The molecule has 1 N–H and O–H groups in total. The molecule has 15 heavy (non-hydrogen) atoms. The molecule has 2 rings (SSSR count). The lowest BCUT2D eigenvalue weighted by atomic mass is 10.0. The second-order valence-corrected chi connectivity index (χ2v) is 4.63. The fourth-order valence-corrected chi connectivity index (χ4v) is 1.83. The van der Waals surface area contributed by atoms with Gasteiger partial charge >= 0.3 is 0 Å². The van der Waals surface area contributed by atoms with Gasteiger partial charge in [0.15, 0.2) is 0 Å². The molecule has 1 fully saturated rings. The van der Waals surface area contributed by atoms with Crippen LogP contribution in [0.25, 0.3) is 0 Å². The van der Waals surface area contributed by atoms with E-state index in [1.54, 1.807) is 0 Å². The summed E-state index contributed by atoms with van der Waals surface area (Å²) in [5.74, 6) is 0.754. The van der Waals surface area contributed by atoms with Gasteiger partial charge in [0.1, 0.15) is 0 Å². The van der Waals surface area contributed by atoms with Gasteiger partial charge in [0.25, 0.3) is 0 Å². The highest BCUT2D eigenvalue weighted by Gasteiger charge is 2.23. The summed E-state index contributed by atoms with van der Waals surface area (Å²) in [4.78, 5) is 0. The van der Waals surface area contributed by atoms with Crippen LogP contribution in [0.3, 0.4) is 0 Å². The average molecular weight is 202 g/mol. The Morgan fingerprint density at radius 2 is 2.13 bits per heavy atom. The first kappa shape index (κ1) is 10.4. The topological polar surface area (TPSA) is 20.2 Å². The van der Waals surface area contributed by atoms with Crippen LogP contribution in [0.1, 0.15) is 49.8 Å². The number of aliphatic hydroxyl groups excluding tert-OH is 1. The van der Waals surface area contributed by atoms with Crippen LogP contribution in [0.5, 0.6) is 0 Å². The van der Waals surface area contributed by atoms with Gasteiger partial charge in [-0.05, 0) is 43.7 Å². The maximum absolute atomic E-state index is 9.94.